The van der Waals surface area contributed by atoms with Gasteiger partial charge in [-0.05, 0) is 24.3 Å². The zero-order chi connectivity index (χ0) is 15.6. The van der Waals surface area contributed by atoms with Gasteiger partial charge in [0.2, 0.25) is 0 Å². The molecule has 0 amide bonds. The smallest absolute Gasteiger partial charge is 0.131 e. The molecule has 0 aliphatic heterocycles. The van der Waals surface area contributed by atoms with E-state index in [0.29, 0.717) is 19.7 Å². The topological polar surface area (TPSA) is 68.3 Å². The molecule has 0 aliphatic rings. The molecule has 6 nitrogen and oxygen atoms in total. The van der Waals surface area contributed by atoms with Crippen LogP contribution in [0.2, 0.25) is 0 Å². The van der Waals surface area contributed by atoms with Crippen molar-refractivity contribution in [3.05, 3.63) is 49.3 Å². The van der Waals surface area contributed by atoms with Gasteiger partial charge in [0.25, 0.3) is 0 Å². The Kier molecular flexibility index (Phi) is 6.04. The van der Waals surface area contributed by atoms with Crippen LogP contribution in [0, 0.1) is 0 Å². The Hall–Kier alpha value is -2.76. The Bertz CT molecular complexity index is 587. The molecule has 116 valence electrons. The van der Waals surface area contributed by atoms with Crippen LogP contribution in [0.15, 0.2) is 49.3 Å². The van der Waals surface area contributed by atoms with E-state index in [9.17, 15) is 0 Å². The predicted octanol–water partition coefficient (Wildman–Crippen LogP) is 2.57. The van der Waals surface area contributed by atoms with Crippen LogP contribution < -0.4 is 20.1 Å². The molecule has 1 aromatic carbocycles. The molecule has 1 aromatic heterocycles. The van der Waals surface area contributed by atoms with Crippen molar-refractivity contribution in [2.45, 2.75) is 0 Å². The normalized spacial score (nSPS) is 9.86. The third kappa shape index (κ3) is 4.97. The fourth-order valence-electron chi connectivity index (χ4n) is 1.75. The minimum atomic E-state index is 0.533. The summed E-state index contributed by atoms with van der Waals surface area (Å²) in [5.41, 5.74) is 0. The molecule has 0 fully saturated rings. The molecule has 22 heavy (non-hydrogen) atoms. The molecule has 2 rings (SSSR count). The summed E-state index contributed by atoms with van der Waals surface area (Å²) in [4.78, 5) is 8.27. The lowest BCUT2D eigenvalue weighted by Crippen LogP contribution is -2.13. The fourth-order valence-corrected chi connectivity index (χ4v) is 1.75. The summed E-state index contributed by atoms with van der Waals surface area (Å²) in [5, 5.41) is 6.30. The zero-order valence-corrected chi connectivity index (χ0v) is 12.6. The molecule has 6 heteroatoms. The Morgan fingerprint density at radius 2 is 1.77 bits per heavy atom. The first-order valence-corrected chi connectivity index (χ1v) is 6.99. The summed E-state index contributed by atoms with van der Waals surface area (Å²) in [6.07, 6.45) is 3.29. The van der Waals surface area contributed by atoms with Crippen molar-refractivity contribution in [1.29, 1.82) is 0 Å². The minimum Gasteiger partial charge on any atom is -0.497 e. The lowest BCUT2D eigenvalue weighted by atomic mass is 10.3. The molecule has 0 unspecified atom stereocenters. The maximum Gasteiger partial charge on any atom is 0.131 e. The van der Waals surface area contributed by atoms with Crippen molar-refractivity contribution in [3.63, 3.8) is 0 Å². The fraction of sp³-hybridized carbons (Fsp3) is 0.250. The predicted molar refractivity (Wildman–Crippen MR) is 87.7 cm³/mol. The van der Waals surface area contributed by atoms with Gasteiger partial charge in [-0.15, -0.1) is 6.58 Å². The number of ether oxygens (including phenoxy) is 2. The van der Waals surface area contributed by atoms with Gasteiger partial charge in [0, 0.05) is 12.6 Å². The van der Waals surface area contributed by atoms with Crippen LogP contribution >= 0.6 is 0 Å². The second kappa shape index (κ2) is 8.51. The highest BCUT2D eigenvalue weighted by Crippen LogP contribution is 2.16. The van der Waals surface area contributed by atoms with Crippen LogP contribution in [0.5, 0.6) is 11.5 Å². The summed E-state index contributed by atoms with van der Waals surface area (Å²) in [5.74, 6) is 3.12. The van der Waals surface area contributed by atoms with Gasteiger partial charge in [-0.2, -0.15) is 0 Å². The minimum absolute atomic E-state index is 0.533. The van der Waals surface area contributed by atoms with Crippen molar-refractivity contribution in [2.75, 3.05) is 37.4 Å². The van der Waals surface area contributed by atoms with Gasteiger partial charge < -0.3 is 20.1 Å². The van der Waals surface area contributed by atoms with Gasteiger partial charge in [-0.3, -0.25) is 0 Å². The van der Waals surface area contributed by atoms with E-state index in [1.165, 1.54) is 6.33 Å². The highest BCUT2D eigenvalue weighted by Gasteiger charge is 1.98. The summed E-state index contributed by atoms with van der Waals surface area (Å²) in [6, 6.07) is 9.33. The van der Waals surface area contributed by atoms with Crippen LogP contribution in [0.4, 0.5) is 11.6 Å². The van der Waals surface area contributed by atoms with E-state index >= 15 is 0 Å². The van der Waals surface area contributed by atoms with Crippen LogP contribution in [-0.2, 0) is 0 Å². The standard InChI is InChI=1S/C16H20N4O2/c1-3-8-17-15-11-16(20-12-19-15)18-9-10-22-14-6-4-13(21-2)5-7-14/h3-7,11-12H,1,8-10H2,2H3,(H2,17,18,19,20). The molecule has 2 aromatic rings. The molecular formula is C16H20N4O2. The molecule has 0 spiro atoms. The van der Waals surface area contributed by atoms with Crippen molar-refractivity contribution in [1.82, 2.24) is 9.97 Å². The average molecular weight is 300 g/mol. The number of hydrogen-bond donors (Lipinski definition) is 2. The first kappa shape index (κ1) is 15.6. The van der Waals surface area contributed by atoms with E-state index in [1.54, 1.807) is 13.2 Å². The Morgan fingerprint density at radius 3 is 2.45 bits per heavy atom. The van der Waals surface area contributed by atoms with Gasteiger partial charge in [-0.25, -0.2) is 9.97 Å². The molecule has 0 saturated heterocycles. The number of hydrogen-bond acceptors (Lipinski definition) is 6. The zero-order valence-electron chi connectivity index (χ0n) is 12.6. The third-order valence-electron chi connectivity index (χ3n) is 2.83. The average Bonchev–Trinajstić information content (AvgIpc) is 2.58. The molecular weight excluding hydrogens is 280 g/mol. The van der Waals surface area contributed by atoms with E-state index in [0.717, 1.165) is 23.1 Å². The monoisotopic (exact) mass is 300 g/mol. The molecule has 0 aliphatic carbocycles. The van der Waals surface area contributed by atoms with E-state index in [2.05, 4.69) is 27.2 Å². The van der Waals surface area contributed by atoms with Gasteiger partial charge in [0.15, 0.2) is 0 Å². The van der Waals surface area contributed by atoms with Crippen molar-refractivity contribution in [3.8, 4) is 11.5 Å². The second-order valence-corrected chi connectivity index (χ2v) is 4.41. The molecule has 0 saturated carbocycles. The van der Waals surface area contributed by atoms with E-state index < -0.39 is 0 Å². The number of aromatic nitrogens is 2. The second-order valence-electron chi connectivity index (χ2n) is 4.41. The number of nitrogens with zero attached hydrogens (tertiary/aromatic N) is 2. The van der Waals surface area contributed by atoms with E-state index in [4.69, 9.17) is 9.47 Å². The van der Waals surface area contributed by atoms with Crippen molar-refractivity contribution >= 4 is 11.6 Å². The van der Waals surface area contributed by atoms with Gasteiger partial charge in [0.05, 0.1) is 13.7 Å². The summed E-state index contributed by atoms with van der Waals surface area (Å²) >= 11 is 0. The quantitative estimate of drug-likeness (QED) is 0.548. The summed E-state index contributed by atoms with van der Waals surface area (Å²) in [7, 11) is 1.64. The van der Waals surface area contributed by atoms with Gasteiger partial charge in [-0.1, -0.05) is 6.08 Å². The lowest BCUT2D eigenvalue weighted by Gasteiger charge is -2.09. The molecule has 0 atom stereocenters. The molecule has 0 radical (unpaired) electrons. The van der Waals surface area contributed by atoms with E-state index in [1.807, 2.05) is 30.3 Å². The lowest BCUT2D eigenvalue weighted by molar-refractivity contribution is 0.331. The Labute approximate surface area is 130 Å². The highest BCUT2D eigenvalue weighted by atomic mass is 16.5. The largest absolute Gasteiger partial charge is 0.497 e. The van der Waals surface area contributed by atoms with Crippen LogP contribution in [0.3, 0.4) is 0 Å². The van der Waals surface area contributed by atoms with Gasteiger partial charge >= 0.3 is 0 Å². The molecule has 2 N–H and O–H groups in total. The Morgan fingerprint density at radius 1 is 1.09 bits per heavy atom. The van der Waals surface area contributed by atoms with Crippen molar-refractivity contribution in [2.24, 2.45) is 0 Å². The third-order valence-corrected chi connectivity index (χ3v) is 2.83. The summed E-state index contributed by atoms with van der Waals surface area (Å²) in [6.45, 7) is 5.49. The Balaban J connectivity index is 1.74. The summed E-state index contributed by atoms with van der Waals surface area (Å²) < 4.78 is 10.7. The first-order valence-electron chi connectivity index (χ1n) is 6.99. The highest BCUT2D eigenvalue weighted by molar-refractivity contribution is 5.46. The van der Waals surface area contributed by atoms with Crippen LogP contribution in [0.1, 0.15) is 0 Å². The molecule has 1 heterocycles. The number of methoxy groups -OCH3 is 1. The number of benzene rings is 1. The maximum absolute atomic E-state index is 5.63. The number of anilines is 2. The number of rotatable bonds is 9. The SMILES string of the molecule is C=CCNc1cc(NCCOc2ccc(OC)cc2)ncn1. The molecule has 0 bridgehead atoms. The van der Waals surface area contributed by atoms with E-state index in [-0.39, 0.29) is 0 Å². The maximum atomic E-state index is 5.63. The van der Waals surface area contributed by atoms with Crippen LogP contribution in [0.25, 0.3) is 0 Å². The number of nitrogens with one attached hydrogen (secondary N) is 2. The van der Waals surface area contributed by atoms with Crippen molar-refractivity contribution < 1.29 is 9.47 Å². The van der Waals surface area contributed by atoms with Gasteiger partial charge in [0.1, 0.15) is 36.1 Å². The van der Waals surface area contributed by atoms with Crippen LogP contribution in [-0.4, -0.2) is 36.8 Å². The first-order chi connectivity index (χ1) is 10.8.